The third-order valence-corrected chi connectivity index (χ3v) is 14.5. The minimum absolute atomic E-state index is 0.00482. The van der Waals surface area contributed by atoms with Crippen LogP contribution in [0.25, 0.3) is 0 Å². The number of aliphatic hydroxyl groups is 1. The summed E-state index contributed by atoms with van der Waals surface area (Å²) in [4.78, 5) is 181. The average molecular weight is 1330 g/mol. The monoisotopic (exact) mass is 1330 g/mol. The number of rotatable bonds is 39. The van der Waals surface area contributed by atoms with Crippen LogP contribution in [0.1, 0.15) is 57.4 Å². The minimum atomic E-state index is -1.87. The van der Waals surface area contributed by atoms with Crippen molar-refractivity contribution in [2.75, 3.05) is 55.8 Å². The number of phenols is 1. The molecular weight excluding hydrogens is 1250 g/mol. The number of phenolic OH excluding ortho intramolecular Hbond substituents is 1. The van der Waals surface area contributed by atoms with Gasteiger partial charge in [-0.1, -0.05) is 12.1 Å². The number of nitrogens with one attached hydrogen (secondary N) is 10. The number of primary amides is 1. The van der Waals surface area contributed by atoms with Crippen molar-refractivity contribution < 1.29 is 77.6 Å². The van der Waals surface area contributed by atoms with Gasteiger partial charge in [0.25, 0.3) is 0 Å². The Morgan fingerprint density at radius 3 is 1.60 bits per heavy atom. The van der Waals surface area contributed by atoms with E-state index in [2.05, 4.69) is 114 Å². The van der Waals surface area contributed by atoms with E-state index in [1.165, 1.54) is 36.1 Å². The van der Waals surface area contributed by atoms with Crippen molar-refractivity contribution in [3.05, 3.63) is 29.8 Å². The maximum atomic E-state index is 14.1. The zero-order valence-electron chi connectivity index (χ0n) is 48.4. The second kappa shape index (κ2) is 39.8. The summed E-state index contributed by atoms with van der Waals surface area (Å²) in [6.07, 6.45) is -0.796. The number of hydrogen-bond acceptors (Lipinski definition) is 22. The van der Waals surface area contributed by atoms with E-state index in [1.807, 2.05) is 0 Å². The Labute approximate surface area is 533 Å². The Kier molecular flexibility index (Phi) is 34.5. The SMILES string of the molecule is C[C@H](NC(=O)[C@@H]1CCCN1C(=O)[C@H](CCCN=C(N)N)NC(=O)[C@H](CS)NC(=O)[C@@H](N)CS)C(=O)N[C@@H](CS)C(=O)NCC(=O)N[C@@H](CCCN=C(N)N)C(=O)N[C@@H](CC(N)=O)C(=O)N[C@@H](Cc1ccc(O)cc1)C(=O)N[C@@H](CO)C(=O)N[C@@H](CS)C(=O)O. The predicted molar refractivity (Wildman–Crippen MR) is 334 cm³/mol. The highest BCUT2D eigenvalue weighted by atomic mass is 32.1. The first-order valence-electron chi connectivity index (χ1n) is 27.5. The van der Waals surface area contributed by atoms with Crippen LogP contribution in [0.15, 0.2) is 34.3 Å². The van der Waals surface area contributed by atoms with Crippen LogP contribution in [0.2, 0.25) is 0 Å². The lowest BCUT2D eigenvalue weighted by atomic mass is 10.0. The molecule has 1 aromatic carbocycles. The standard InChI is InChI=1S/C50H81N19O16S4/c1-23(60-46(82)35-7-4-14-69(35)47(83)28(6-3-13-58-50(55)56)62-45(81)33(21-88)67-39(75)26(51)19-86)38(74)66-32(20-87)40(76)59-17-37(73)61-27(5-2-12-57-49(53)54)41(77)64-30(16-36(52)72)43(79)63-29(15-24-8-10-25(71)11-9-24)42(78)65-31(18-70)44(80)68-34(22-89)48(84)85/h8-11,23,26-35,70-71,86-89H,2-7,12-22,51H2,1H3,(H2,52,72)(H,59,76)(H,60,82)(H,61,73)(H,62,81)(H,63,79)(H,64,77)(H,65,78)(H,66,74)(H,67,75)(H,68,80)(H,84,85)(H4,53,54,57)(H4,55,56,58)/t23-,26-,27-,28-,29-,30-,31-,32-,33-,34-,35-/m0/s1. The van der Waals surface area contributed by atoms with E-state index in [-0.39, 0.29) is 98.8 Å². The van der Waals surface area contributed by atoms with Crippen LogP contribution in [0.3, 0.4) is 0 Å². The molecule has 11 atom stereocenters. The molecule has 2 rings (SSSR count). The summed E-state index contributed by atoms with van der Waals surface area (Å²) < 4.78 is 0. The third-order valence-electron chi connectivity index (χ3n) is 13.0. The highest BCUT2D eigenvalue weighted by Gasteiger charge is 2.40. The lowest BCUT2D eigenvalue weighted by Crippen LogP contribution is -2.60. The molecule has 0 radical (unpaired) electrons. The van der Waals surface area contributed by atoms with Gasteiger partial charge < -0.3 is 108 Å². The van der Waals surface area contributed by atoms with Crippen molar-refractivity contribution in [2.45, 2.75) is 125 Å². The molecule has 25 N–H and O–H groups in total. The van der Waals surface area contributed by atoms with Crippen LogP contribution in [0, 0.1) is 0 Å². The van der Waals surface area contributed by atoms with Gasteiger partial charge in [0.2, 0.25) is 70.9 Å². The number of nitrogens with two attached hydrogens (primary N) is 6. The molecule has 1 aromatic rings. The number of hydrogen-bond donors (Lipinski definition) is 23. The molecule has 1 aliphatic rings. The summed E-state index contributed by atoms with van der Waals surface area (Å²) in [5, 5.41) is 52.8. The quantitative estimate of drug-likeness (QED) is 0.0126. The van der Waals surface area contributed by atoms with Crippen molar-refractivity contribution in [3.63, 3.8) is 0 Å². The summed E-state index contributed by atoms with van der Waals surface area (Å²) in [6, 6.07) is -10.5. The first kappa shape index (κ1) is 77.1. The van der Waals surface area contributed by atoms with Crippen molar-refractivity contribution in [1.82, 2.24) is 58.1 Å². The van der Waals surface area contributed by atoms with Crippen molar-refractivity contribution >= 4 is 139 Å². The number of likely N-dealkylation sites (tertiary alicyclic amines) is 1. The zero-order chi connectivity index (χ0) is 67.1. The van der Waals surface area contributed by atoms with E-state index < -0.39 is 163 Å². The molecular formula is C50H81N19O16S4. The van der Waals surface area contributed by atoms with E-state index in [0.29, 0.717) is 12.0 Å². The Bertz CT molecular complexity index is 2710. The number of aliphatic carboxylic acids is 1. The number of amides is 12. The van der Waals surface area contributed by atoms with Gasteiger partial charge in [-0.3, -0.25) is 67.5 Å². The van der Waals surface area contributed by atoms with E-state index in [4.69, 9.17) is 34.4 Å². The van der Waals surface area contributed by atoms with Gasteiger partial charge in [0.05, 0.1) is 25.6 Å². The number of guanidine groups is 2. The molecule has 1 fully saturated rings. The molecule has 89 heavy (non-hydrogen) atoms. The summed E-state index contributed by atoms with van der Waals surface area (Å²) in [6.45, 7) is -0.511. The van der Waals surface area contributed by atoms with Gasteiger partial charge in [0.15, 0.2) is 11.9 Å². The Balaban J connectivity index is 2.25. The van der Waals surface area contributed by atoms with E-state index in [0.717, 1.165) is 0 Å². The molecule has 496 valence electrons. The lowest BCUT2D eigenvalue weighted by molar-refractivity contribution is -0.142. The number of nitrogens with zero attached hydrogens (tertiary/aromatic N) is 3. The fourth-order valence-corrected chi connectivity index (χ4v) is 9.15. The number of aliphatic imine (C=N–C) groups is 2. The number of benzene rings is 1. The number of aromatic hydroxyl groups is 1. The molecule has 39 heteroatoms. The fourth-order valence-electron chi connectivity index (χ4n) is 8.22. The van der Waals surface area contributed by atoms with Crippen LogP contribution >= 0.6 is 50.5 Å². The third kappa shape index (κ3) is 27.5. The first-order chi connectivity index (χ1) is 42.0. The van der Waals surface area contributed by atoms with Gasteiger partial charge in [0, 0.05) is 49.1 Å². The Morgan fingerprint density at radius 2 is 1.06 bits per heavy atom. The van der Waals surface area contributed by atoms with E-state index >= 15 is 0 Å². The van der Waals surface area contributed by atoms with Crippen LogP contribution in [-0.4, -0.2) is 231 Å². The van der Waals surface area contributed by atoms with Gasteiger partial charge in [-0.25, -0.2) is 4.79 Å². The number of carboxylic acid groups (broad SMARTS) is 1. The molecule has 35 nitrogen and oxygen atoms in total. The minimum Gasteiger partial charge on any atom is -0.508 e. The van der Waals surface area contributed by atoms with Crippen molar-refractivity contribution in [3.8, 4) is 5.75 Å². The highest BCUT2D eigenvalue weighted by molar-refractivity contribution is 7.80. The first-order valence-corrected chi connectivity index (χ1v) is 30.0. The van der Waals surface area contributed by atoms with Crippen LogP contribution in [0.5, 0.6) is 5.75 Å². The number of aliphatic hydroxyl groups excluding tert-OH is 1. The Morgan fingerprint density at radius 1 is 0.584 bits per heavy atom. The predicted octanol–water partition coefficient (Wildman–Crippen LogP) is -9.47. The number of carbonyl (C=O) groups is 13. The van der Waals surface area contributed by atoms with Gasteiger partial charge in [-0.2, -0.15) is 50.5 Å². The maximum Gasteiger partial charge on any atom is 0.327 e. The second-order valence-corrected chi connectivity index (χ2v) is 21.4. The van der Waals surface area contributed by atoms with Crippen LogP contribution < -0.4 is 87.6 Å². The lowest BCUT2D eigenvalue weighted by Gasteiger charge is -2.30. The fraction of sp³-hybridized carbons (Fsp3) is 0.580. The number of carbonyl (C=O) groups excluding carboxylic acids is 12. The highest BCUT2D eigenvalue weighted by Crippen LogP contribution is 2.21. The van der Waals surface area contributed by atoms with Crippen LogP contribution in [0.4, 0.5) is 0 Å². The van der Waals surface area contributed by atoms with Gasteiger partial charge in [0.1, 0.15) is 66.2 Å². The normalized spacial score (nSPS) is 15.9. The molecule has 0 saturated carbocycles. The van der Waals surface area contributed by atoms with Gasteiger partial charge in [-0.05, 0) is 63.1 Å². The average Bonchev–Trinajstić information content (AvgIpc) is 4.26. The summed E-state index contributed by atoms with van der Waals surface area (Å²) >= 11 is 16.2. The molecule has 0 bridgehead atoms. The molecule has 1 heterocycles. The summed E-state index contributed by atoms with van der Waals surface area (Å²) in [7, 11) is 0. The van der Waals surface area contributed by atoms with Gasteiger partial charge in [-0.15, -0.1) is 0 Å². The molecule has 1 saturated heterocycles. The molecule has 0 unspecified atom stereocenters. The summed E-state index contributed by atoms with van der Waals surface area (Å²) in [5.74, 6) is -14.5. The van der Waals surface area contributed by atoms with E-state index in [9.17, 15) is 77.6 Å². The number of thiol groups is 4. The van der Waals surface area contributed by atoms with Crippen molar-refractivity contribution in [1.29, 1.82) is 0 Å². The topological polar surface area (TPSA) is 587 Å². The van der Waals surface area contributed by atoms with Gasteiger partial charge >= 0.3 is 5.97 Å². The smallest absolute Gasteiger partial charge is 0.327 e. The molecule has 1 aliphatic heterocycles. The maximum absolute atomic E-state index is 14.1. The Hall–Kier alpha value is -8.01. The van der Waals surface area contributed by atoms with Crippen LogP contribution in [-0.2, 0) is 68.7 Å². The largest absolute Gasteiger partial charge is 0.508 e. The van der Waals surface area contributed by atoms with Crippen molar-refractivity contribution in [2.24, 2.45) is 44.4 Å². The molecule has 0 aliphatic carbocycles. The zero-order valence-corrected chi connectivity index (χ0v) is 52.0. The molecule has 0 aromatic heterocycles. The van der Waals surface area contributed by atoms with E-state index in [1.54, 1.807) is 0 Å². The molecule has 0 spiro atoms. The summed E-state index contributed by atoms with van der Waals surface area (Å²) in [5.41, 5.74) is 33.3. The number of carboxylic acids is 1. The molecule has 12 amide bonds. The second-order valence-electron chi connectivity index (χ2n) is 20.0.